The first kappa shape index (κ1) is 28.6. The Hall–Kier alpha value is -3.97. The number of carbonyl (C=O) groups excluding carboxylic acids is 1. The van der Waals surface area contributed by atoms with Crippen LogP contribution in [0.5, 0.6) is 5.75 Å². The molecular formula is C25H26N2O9S2. The normalized spacial score (nSPS) is 11.5. The average Bonchev–Trinajstić information content (AvgIpc) is 2.87. The molecule has 13 heteroatoms. The van der Waals surface area contributed by atoms with Crippen LogP contribution in [-0.2, 0) is 35.8 Å². The number of carbonyl (C=O) groups is 1. The SMILES string of the molecule is COc1ccc(NS(=O)(=O)c2ccc(CCC(=O)OCCS(=O)(=O)c3ccc(C)cc3)cc2)c([N+](=O)[O-])c1. The number of rotatable bonds is 12. The van der Waals surface area contributed by atoms with E-state index in [1.54, 1.807) is 12.1 Å². The number of sulfone groups is 1. The lowest BCUT2D eigenvalue weighted by molar-refractivity contribution is -0.384. The molecule has 3 rings (SSSR count). The van der Waals surface area contributed by atoms with Crippen LogP contribution in [0.1, 0.15) is 17.5 Å². The van der Waals surface area contributed by atoms with Gasteiger partial charge in [0.05, 0.1) is 33.6 Å². The van der Waals surface area contributed by atoms with Crippen LogP contribution in [0.3, 0.4) is 0 Å². The van der Waals surface area contributed by atoms with Gasteiger partial charge in [0, 0.05) is 6.42 Å². The van der Waals surface area contributed by atoms with Crippen molar-refractivity contribution in [3.05, 3.63) is 88.0 Å². The highest BCUT2D eigenvalue weighted by Crippen LogP contribution is 2.30. The summed E-state index contributed by atoms with van der Waals surface area (Å²) in [5.74, 6) is -0.724. The summed E-state index contributed by atoms with van der Waals surface area (Å²) < 4.78 is 62.3. The molecule has 0 aliphatic carbocycles. The van der Waals surface area contributed by atoms with Gasteiger partial charge in [-0.1, -0.05) is 29.8 Å². The minimum absolute atomic E-state index is 0.0348. The average molecular weight is 563 g/mol. The van der Waals surface area contributed by atoms with E-state index in [9.17, 15) is 31.7 Å². The van der Waals surface area contributed by atoms with Gasteiger partial charge in [-0.3, -0.25) is 19.6 Å². The van der Waals surface area contributed by atoms with Gasteiger partial charge in [0.1, 0.15) is 18.0 Å². The number of nitrogens with zero attached hydrogens (tertiary/aromatic N) is 1. The Morgan fingerprint density at radius 1 is 0.947 bits per heavy atom. The van der Waals surface area contributed by atoms with Crippen molar-refractivity contribution in [1.82, 2.24) is 0 Å². The van der Waals surface area contributed by atoms with Crippen LogP contribution in [0.15, 0.2) is 76.5 Å². The summed E-state index contributed by atoms with van der Waals surface area (Å²) in [6.45, 7) is 1.56. The van der Waals surface area contributed by atoms with E-state index in [1.807, 2.05) is 6.92 Å². The molecule has 0 radical (unpaired) electrons. The van der Waals surface area contributed by atoms with E-state index in [0.717, 1.165) is 11.6 Å². The molecule has 0 amide bonds. The van der Waals surface area contributed by atoms with Gasteiger partial charge in [0.25, 0.3) is 15.7 Å². The summed E-state index contributed by atoms with van der Waals surface area (Å²) in [6.07, 6.45) is 0.203. The molecule has 0 aliphatic rings. The van der Waals surface area contributed by atoms with Gasteiger partial charge in [-0.2, -0.15) is 0 Å². The van der Waals surface area contributed by atoms with E-state index in [2.05, 4.69) is 4.72 Å². The van der Waals surface area contributed by atoms with Gasteiger partial charge < -0.3 is 9.47 Å². The lowest BCUT2D eigenvalue weighted by Gasteiger charge is -2.10. The summed E-state index contributed by atoms with van der Waals surface area (Å²) in [7, 11) is -6.37. The van der Waals surface area contributed by atoms with Crippen molar-refractivity contribution in [1.29, 1.82) is 0 Å². The maximum atomic E-state index is 12.7. The third kappa shape index (κ3) is 7.52. The number of nitro groups is 1. The number of hydrogen-bond donors (Lipinski definition) is 1. The van der Waals surface area contributed by atoms with Crippen LogP contribution in [0.4, 0.5) is 11.4 Å². The minimum Gasteiger partial charge on any atom is -0.496 e. The first-order valence-corrected chi connectivity index (χ1v) is 14.4. The van der Waals surface area contributed by atoms with E-state index < -0.39 is 36.4 Å². The summed E-state index contributed by atoms with van der Waals surface area (Å²) in [4.78, 5) is 22.7. The fraction of sp³-hybridized carbons (Fsp3) is 0.240. The molecule has 38 heavy (non-hydrogen) atoms. The van der Waals surface area contributed by atoms with Crippen molar-refractivity contribution in [2.75, 3.05) is 24.2 Å². The quantitative estimate of drug-likeness (QED) is 0.197. The molecule has 0 aliphatic heterocycles. The second kappa shape index (κ2) is 12.0. The van der Waals surface area contributed by atoms with Crippen molar-refractivity contribution in [3.8, 4) is 5.75 Å². The highest BCUT2D eigenvalue weighted by molar-refractivity contribution is 7.92. The predicted octanol–water partition coefficient (Wildman–Crippen LogP) is 3.66. The number of sulfonamides is 1. The van der Waals surface area contributed by atoms with Crippen LogP contribution < -0.4 is 9.46 Å². The number of aryl methyl sites for hydroxylation is 2. The summed E-state index contributed by atoms with van der Waals surface area (Å²) in [6, 6.07) is 15.8. The van der Waals surface area contributed by atoms with Gasteiger partial charge in [0.15, 0.2) is 9.84 Å². The monoisotopic (exact) mass is 562 g/mol. The Balaban J connectivity index is 1.54. The van der Waals surface area contributed by atoms with E-state index >= 15 is 0 Å². The molecule has 3 aromatic carbocycles. The molecule has 0 saturated heterocycles. The van der Waals surface area contributed by atoms with Gasteiger partial charge in [-0.05, 0) is 55.3 Å². The molecule has 1 N–H and O–H groups in total. The predicted molar refractivity (Wildman–Crippen MR) is 139 cm³/mol. The number of anilines is 1. The van der Waals surface area contributed by atoms with E-state index in [0.29, 0.717) is 5.56 Å². The zero-order chi connectivity index (χ0) is 27.9. The Labute approximate surface area is 220 Å². The maximum absolute atomic E-state index is 12.7. The van der Waals surface area contributed by atoms with Gasteiger partial charge in [-0.15, -0.1) is 0 Å². The summed E-state index contributed by atoms with van der Waals surface area (Å²) in [5.41, 5.74) is 0.892. The zero-order valence-electron chi connectivity index (χ0n) is 20.6. The fourth-order valence-electron chi connectivity index (χ4n) is 3.36. The molecule has 0 fully saturated rings. The van der Waals surface area contributed by atoms with Crippen molar-refractivity contribution in [2.24, 2.45) is 0 Å². The highest BCUT2D eigenvalue weighted by atomic mass is 32.2. The molecule has 0 spiro atoms. The molecule has 0 saturated carbocycles. The molecular weight excluding hydrogens is 536 g/mol. The van der Waals surface area contributed by atoms with Crippen molar-refractivity contribution in [2.45, 2.75) is 29.6 Å². The van der Waals surface area contributed by atoms with Crippen molar-refractivity contribution < 1.29 is 36.0 Å². The van der Waals surface area contributed by atoms with Crippen LogP contribution in [0.2, 0.25) is 0 Å². The van der Waals surface area contributed by atoms with Crippen LogP contribution >= 0.6 is 0 Å². The third-order valence-electron chi connectivity index (χ3n) is 5.49. The smallest absolute Gasteiger partial charge is 0.306 e. The van der Waals surface area contributed by atoms with Gasteiger partial charge in [-0.25, -0.2) is 16.8 Å². The van der Waals surface area contributed by atoms with Gasteiger partial charge in [0.2, 0.25) is 0 Å². The molecule has 0 heterocycles. The number of ether oxygens (including phenoxy) is 2. The molecule has 0 atom stereocenters. The number of nitro benzene ring substituents is 1. The van der Waals surface area contributed by atoms with E-state index in [1.165, 1.54) is 55.6 Å². The molecule has 0 aromatic heterocycles. The standard InChI is InChI=1S/C25H26N2O9S2/c1-18-3-9-21(10-4-18)37(31,32)16-15-36-25(28)14-7-19-5-11-22(12-6-19)38(33,34)26-23-13-8-20(35-2)17-24(23)27(29)30/h3-6,8-13,17,26H,7,14-16H2,1-2H3. The number of methoxy groups -OCH3 is 1. The van der Waals surface area contributed by atoms with Crippen LogP contribution in [-0.4, -0.2) is 47.2 Å². The fourth-order valence-corrected chi connectivity index (χ4v) is 5.53. The van der Waals surface area contributed by atoms with Crippen LogP contribution in [0, 0.1) is 17.0 Å². The van der Waals surface area contributed by atoms with Crippen molar-refractivity contribution >= 4 is 37.2 Å². The largest absolute Gasteiger partial charge is 0.496 e. The molecule has 3 aromatic rings. The maximum Gasteiger partial charge on any atom is 0.306 e. The second-order valence-electron chi connectivity index (χ2n) is 8.24. The summed E-state index contributed by atoms with van der Waals surface area (Å²) in [5, 5.41) is 11.3. The Morgan fingerprint density at radius 2 is 1.58 bits per heavy atom. The Morgan fingerprint density at radius 3 is 2.18 bits per heavy atom. The molecule has 202 valence electrons. The highest BCUT2D eigenvalue weighted by Gasteiger charge is 2.22. The number of esters is 1. The van der Waals surface area contributed by atoms with Gasteiger partial charge >= 0.3 is 5.97 Å². The number of benzene rings is 3. The first-order valence-electron chi connectivity index (χ1n) is 11.3. The first-order chi connectivity index (χ1) is 17.9. The molecule has 11 nitrogen and oxygen atoms in total. The van der Waals surface area contributed by atoms with E-state index in [-0.39, 0.29) is 46.4 Å². The summed E-state index contributed by atoms with van der Waals surface area (Å²) >= 11 is 0. The topological polar surface area (TPSA) is 159 Å². The second-order valence-corrected chi connectivity index (χ2v) is 12.0. The number of hydrogen-bond acceptors (Lipinski definition) is 9. The van der Waals surface area contributed by atoms with Crippen LogP contribution in [0.25, 0.3) is 0 Å². The Bertz CT molecular complexity index is 1520. The Kier molecular flexibility index (Phi) is 9.07. The van der Waals surface area contributed by atoms with Crippen molar-refractivity contribution in [3.63, 3.8) is 0 Å². The third-order valence-corrected chi connectivity index (χ3v) is 8.57. The lowest BCUT2D eigenvalue weighted by Crippen LogP contribution is -2.16. The van der Waals surface area contributed by atoms with E-state index in [4.69, 9.17) is 9.47 Å². The molecule has 0 unspecified atom stereocenters. The minimum atomic E-state index is -4.13. The zero-order valence-corrected chi connectivity index (χ0v) is 22.3. The number of nitrogens with one attached hydrogen (secondary N) is 1. The lowest BCUT2D eigenvalue weighted by atomic mass is 10.1. The molecule has 0 bridgehead atoms.